The zero-order valence-electron chi connectivity index (χ0n) is 14.3. The molecule has 2 amide bonds. The van der Waals surface area contributed by atoms with Crippen molar-refractivity contribution in [3.63, 3.8) is 0 Å². The summed E-state index contributed by atoms with van der Waals surface area (Å²) in [7, 11) is 0. The molecule has 0 heterocycles. The molecule has 2 unspecified atom stereocenters. The molecule has 0 bridgehead atoms. The molecule has 1 aliphatic rings. The molecule has 1 aromatic carbocycles. The Labute approximate surface area is 136 Å². The van der Waals surface area contributed by atoms with Crippen LogP contribution in [0, 0.1) is 25.1 Å². The van der Waals surface area contributed by atoms with Gasteiger partial charge in [-0.05, 0) is 50.3 Å². The number of carbonyl (C=O) groups is 2. The van der Waals surface area contributed by atoms with Gasteiger partial charge in [-0.15, -0.1) is 0 Å². The maximum absolute atomic E-state index is 14.0. The van der Waals surface area contributed by atoms with Crippen LogP contribution in [0.1, 0.15) is 49.8 Å². The van der Waals surface area contributed by atoms with Crippen molar-refractivity contribution >= 4 is 11.8 Å². The summed E-state index contributed by atoms with van der Waals surface area (Å²) >= 11 is 0. The highest BCUT2D eigenvalue weighted by Crippen LogP contribution is 2.38. The maximum Gasteiger partial charge on any atom is 0.226 e. The van der Waals surface area contributed by atoms with E-state index in [1.54, 1.807) is 6.07 Å². The minimum absolute atomic E-state index is 0.0423. The molecule has 4 nitrogen and oxygen atoms in total. The molecule has 0 aromatic heterocycles. The summed E-state index contributed by atoms with van der Waals surface area (Å²) in [6.07, 6.45) is 2.13. The lowest BCUT2D eigenvalue weighted by molar-refractivity contribution is -0.130. The van der Waals surface area contributed by atoms with Crippen LogP contribution in [0.2, 0.25) is 0 Å². The summed E-state index contributed by atoms with van der Waals surface area (Å²) in [5, 5.41) is 5.74. The Morgan fingerprint density at radius 1 is 1.35 bits per heavy atom. The van der Waals surface area contributed by atoms with Crippen LogP contribution in [0.5, 0.6) is 0 Å². The SMILES string of the molecule is CC(=O)NC1CCC(C)(C(=O)NCc2c(F)ccc(C)c2C)C1. The number of carbonyl (C=O) groups excluding carboxylic acids is 2. The van der Waals surface area contributed by atoms with Gasteiger partial charge in [0.1, 0.15) is 5.82 Å². The number of nitrogens with one attached hydrogen (secondary N) is 2. The van der Waals surface area contributed by atoms with E-state index in [0.717, 1.165) is 24.0 Å². The van der Waals surface area contributed by atoms with Gasteiger partial charge in [-0.2, -0.15) is 0 Å². The molecular formula is C18H25FN2O2. The van der Waals surface area contributed by atoms with E-state index in [0.29, 0.717) is 12.0 Å². The lowest BCUT2D eigenvalue weighted by atomic mass is 9.87. The molecule has 2 N–H and O–H groups in total. The van der Waals surface area contributed by atoms with Gasteiger partial charge >= 0.3 is 0 Å². The fourth-order valence-electron chi connectivity index (χ4n) is 3.30. The molecule has 1 fully saturated rings. The molecule has 1 aromatic rings. The summed E-state index contributed by atoms with van der Waals surface area (Å²) in [6.45, 7) is 7.38. The molecule has 0 radical (unpaired) electrons. The van der Waals surface area contributed by atoms with Gasteiger partial charge in [0.25, 0.3) is 0 Å². The Morgan fingerprint density at radius 3 is 2.70 bits per heavy atom. The zero-order chi connectivity index (χ0) is 17.2. The fraction of sp³-hybridized carbons (Fsp3) is 0.556. The molecule has 2 atom stereocenters. The van der Waals surface area contributed by atoms with Crippen LogP contribution >= 0.6 is 0 Å². The molecule has 2 rings (SSSR count). The first-order chi connectivity index (χ1) is 10.7. The second kappa shape index (κ2) is 6.69. The number of halogens is 1. The Bertz CT molecular complexity index is 630. The summed E-state index contributed by atoms with van der Waals surface area (Å²) < 4.78 is 14.0. The van der Waals surface area contributed by atoms with Gasteiger partial charge in [-0.25, -0.2) is 4.39 Å². The summed E-state index contributed by atoms with van der Waals surface area (Å²) in [6, 6.07) is 3.22. The van der Waals surface area contributed by atoms with Gasteiger partial charge < -0.3 is 10.6 Å². The highest BCUT2D eigenvalue weighted by Gasteiger charge is 2.41. The quantitative estimate of drug-likeness (QED) is 0.896. The van der Waals surface area contributed by atoms with Gasteiger partial charge in [-0.3, -0.25) is 9.59 Å². The Kier molecular flexibility index (Phi) is 5.07. The first-order valence-corrected chi connectivity index (χ1v) is 8.03. The summed E-state index contributed by atoms with van der Waals surface area (Å²) in [5.74, 6) is -0.441. The van der Waals surface area contributed by atoms with Crippen molar-refractivity contribution in [1.82, 2.24) is 10.6 Å². The normalized spacial score (nSPS) is 23.6. The van der Waals surface area contributed by atoms with Crippen LogP contribution in [-0.2, 0) is 16.1 Å². The minimum Gasteiger partial charge on any atom is -0.354 e. The third-order valence-corrected chi connectivity index (χ3v) is 4.93. The van der Waals surface area contributed by atoms with Gasteiger partial charge in [0.05, 0.1) is 0 Å². The summed E-state index contributed by atoms with van der Waals surface area (Å²) in [4.78, 5) is 23.7. The van der Waals surface area contributed by atoms with E-state index in [2.05, 4.69) is 10.6 Å². The minimum atomic E-state index is -0.513. The number of rotatable bonds is 4. The number of hydrogen-bond acceptors (Lipinski definition) is 2. The van der Waals surface area contributed by atoms with E-state index in [9.17, 15) is 14.0 Å². The average Bonchev–Trinajstić information content (AvgIpc) is 2.84. The smallest absolute Gasteiger partial charge is 0.226 e. The van der Waals surface area contributed by atoms with Crippen LogP contribution in [0.25, 0.3) is 0 Å². The standard InChI is InChI=1S/C18H25FN2O2/c1-11-5-6-16(19)15(12(11)2)10-20-17(23)18(4)8-7-14(9-18)21-13(3)22/h5-6,14H,7-10H2,1-4H3,(H,20,23)(H,21,22). The monoisotopic (exact) mass is 320 g/mol. The Morgan fingerprint density at radius 2 is 2.04 bits per heavy atom. The zero-order valence-corrected chi connectivity index (χ0v) is 14.3. The van der Waals surface area contributed by atoms with Crippen LogP contribution in [-0.4, -0.2) is 17.9 Å². The lowest BCUT2D eigenvalue weighted by Crippen LogP contribution is -2.39. The predicted octanol–water partition coefficient (Wildman–Crippen LogP) is 2.75. The largest absolute Gasteiger partial charge is 0.354 e. The molecule has 23 heavy (non-hydrogen) atoms. The fourth-order valence-corrected chi connectivity index (χ4v) is 3.30. The Balaban J connectivity index is 2.00. The third-order valence-electron chi connectivity index (χ3n) is 4.93. The van der Waals surface area contributed by atoms with Crippen molar-refractivity contribution in [3.05, 3.63) is 34.6 Å². The predicted molar refractivity (Wildman–Crippen MR) is 87.3 cm³/mol. The molecule has 1 saturated carbocycles. The van der Waals surface area contributed by atoms with Crippen molar-refractivity contribution in [2.45, 2.75) is 59.5 Å². The van der Waals surface area contributed by atoms with Crippen molar-refractivity contribution in [2.75, 3.05) is 0 Å². The van der Waals surface area contributed by atoms with E-state index >= 15 is 0 Å². The highest BCUT2D eigenvalue weighted by atomic mass is 19.1. The second-order valence-corrected chi connectivity index (χ2v) is 6.85. The van der Waals surface area contributed by atoms with Crippen LogP contribution in [0.4, 0.5) is 4.39 Å². The topological polar surface area (TPSA) is 58.2 Å². The molecule has 0 aliphatic heterocycles. The number of hydrogen-bond donors (Lipinski definition) is 2. The van der Waals surface area contributed by atoms with E-state index in [-0.39, 0.29) is 30.2 Å². The number of aryl methyl sites for hydroxylation is 1. The van der Waals surface area contributed by atoms with Gasteiger partial charge in [0.15, 0.2) is 0 Å². The van der Waals surface area contributed by atoms with Crippen LogP contribution in [0.15, 0.2) is 12.1 Å². The first kappa shape index (κ1) is 17.4. The number of amides is 2. The van der Waals surface area contributed by atoms with Crippen LogP contribution in [0.3, 0.4) is 0 Å². The Hall–Kier alpha value is -1.91. The summed E-state index contributed by atoms with van der Waals surface area (Å²) in [5.41, 5.74) is 1.91. The van der Waals surface area contributed by atoms with Crippen LogP contribution < -0.4 is 10.6 Å². The maximum atomic E-state index is 14.0. The second-order valence-electron chi connectivity index (χ2n) is 6.85. The van der Waals surface area contributed by atoms with Crippen molar-refractivity contribution in [1.29, 1.82) is 0 Å². The van der Waals surface area contributed by atoms with E-state index in [1.807, 2.05) is 20.8 Å². The lowest BCUT2D eigenvalue weighted by Gasteiger charge is -2.24. The van der Waals surface area contributed by atoms with Crippen molar-refractivity contribution < 1.29 is 14.0 Å². The molecule has 1 aliphatic carbocycles. The third kappa shape index (κ3) is 3.89. The van der Waals surface area contributed by atoms with Crippen molar-refractivity contribution in [2.24, 2.45) is 5.41 Å². The highest BCUT2D eigenvalue weighted by molar-refractivity contribution is 5.83. The van der Waals surface area contributed by atoms with E-state index in [4.69, 9.17) is 0 Å². The van der Waals surface area contributed by atoms with Gasteiger partial charge in [0.2, 0.25) is 11.8 Å². The number of benzene rings is 1. The molecule has 0 spiro atoms. The average molecular weight is 320 g/mol. The van der Waals surface area contributed by atoms with Gasteiger partial charge in [-0.1, -0.05) is 13.0 Å². The van der Waals surface area contributed by atoms with Gasteiger partial charge in [0, 0.05) is 30.5 Å². The van der Waals surface area contributed by atoms with E-state index in [1.165, 1.54) is 13.0 Å². The molecular weight excluding hydrogens is 295 g/mol. The first-order valence-electron chi connectivity index (χ1n) is 8.03. The van der Waals surface area contributed by atoms with Crippen molar-refractivity contribution in [3.8, 4) is 0 Å². The molecule has 5 heteroatoms. The molecule has 0 saturated heterocycles. The molecule has 126 valence electrons. The van der Waals surface area contributed by atoms with E-state index < -0.39 is 5.41 Å².